The van der Waals surface area contributed by atoms with Crippen molar-refractivity contribution in [1.82, 2.24) is 4.31 Å². The highest BCUT2D eigenvalue weighted by Crippen LogP contribution is 2.19. The Bertz CT molecular complexity index is 565. The highest BCUT2D eigenvalue weighted by molar-refractivity contribution is 7.89. The van der Waals surface area contributed by atoms with Crippen molar-refractivity contribution in [3.05, 3.63) is 36.9 Å². The molecule has 0 bridgehead atoms. The summed E-state index contributed by atoms with van der Waals surface area (Å²) in [4.78, 5) is 10.5. The van der Waals surface area contributed by atoms with Crippen LogP contribution in [-0.2, 0) is 14.8 Å². The first-order valence-corrected chi connectivity index (χ1v) is 7.41. The van der Waals surface area contributed by atoms with Gasteiger partial charge in [0, 0.05) is 13.1 Å². The van der Waals surface area contributed by atoms with Gasteiger partial charge >= 0.3 is 5.97 Å². The number of benzene rings is 1. The predicted octanol–water partition coefficient (Wildman–Crippen LogP) is 1.35. The van der Waals surface area contributed by atoms with Crippen LogP contribution in [0.1, 0.15) is 6.92 Å². The van der Waals surface area contributed by atoms with E-state index in [1.807, 2.05) is 0 Å². The fourth-order valence-electron chi connectivity index (χ4n) is 1.54. The van der Waals surface area contributed by atoms with Crippen LogP contribution in [0.3, 0.4) is 0 Å². The molecular weight excluding hydrogens is 282 g/mol. The van der Waals surface area contributed by atoms with Crippen molar-refractivity contribution in [2.24, 2.45) is 0 Å². The van der Waals surface area contributed by atoms with Gasteiger partial charge in [0.25, 0.3) is 0 Å². The van der Waals surface area contributed by atoms with E-state index in [2.05, 4.69) is 6.58 Å². The monoisotopic (exact) mass is 299 g/mol. The Kier molecular flexibility index (Phi) is 5.72. The molecule has 0 saturated carbocycles. The number of sulfonamides is 1. The van der Waals surface area contributed by atoms with Gasteiger partial charge < -0.3 is 9.84 Å². The second-order valence-electron chi connectivity index (χ2n) is 3.90. The topological polar surface area (TPSA) is 83.9 Å². The van der Waals surface area contributed by atoms with Crippen LogP contribution in [0.15, 0.2) is 41.8 Å². The van der Waals surface area contributed by atoms with E-state index < -0.39 is 22.6 Å². The highest BCUT2D eigenvalue weighted by Gasteiger charge is 2.21. The van der Waals surface area contributed by atoms with E-state index in [0.717, 1.165) is 0 Å². The van der Waals surface area contributed by atoms with Gasteiger partial charge in [-0.2, -0.15) is 4.31 Å². The van der Waals surface area contributed by atoms with Crippen molar-refractivity contribution >= 4 is 16.0 Å². The first kappa shape index (κ1) is 16.2. The van der Waals surface area contributed by atoms with Crippen LogP contribution in [0.5, 0.6) is 5.75 Å². The Hall–Kier alpha value is -1.86. The van der Waals surface area contributed by atoms with Gasteiger partial charge in [0.05, 0.1) is 4.90 Å². The van der Waals surface area contributed by atoms with Crippen LogP contribution in [-0.4, -0.2) is 43.5 Å². The number of rotatable bonds is 8. The Morgan fingerprint density at radius 1 is 1.40 bits per heavy atom. The van der Waals surface area contributed by atoms with Crippen LogP contribution < -0.4 is 4.74 Å². The first-order valence-electron chi connectivity index (χ1n) is 5.97. The molecule has 0 unspecified atom stereocenters. The molecule has 0 amide bonds. The summed E-state index contributed by atoms with van der Waals surface area (Å²) in [6.07, 6.45) is 1.52. The van der Waals surface area contributed by atoms with Gasteiger partial charge in [-0.1, -0.05) is 13.0 Å². The molecule has 1 rings (SSSR count). The maximum Gasteiger partial charge on any atom is 0.341 e. The van der Waals surface area contributed by atoms with Crippen molar-refractivity contribution in [2.75, 3.05) is 19.7 Å². The zero-order chi connectivity index (χ0) is 15.2. The summed E-state index contributed by atoms with van der Waals surface area (Å²) in [6.45, 7) is 5.37. The number of nitrogens with zero attached hydrogens (tertiary/aromatic N) is 1. The van der Waals surface area contributed by atoms with Crippen molar-refractivity contribution in [2.45, 2.75) is 11.8 Å². The average Bonchev–Trinajstić information content (AvgIpc) is 2.42. The van der Waals surface area contributed by atoms with Gasteiger partial charge in [-0.05, 0) is 24.3 Å². The lowest BCUT2D eigenvalue weighted by Gasteiger charge is -2.18. The van der Waals surface area contributed by atoms with E-state index in [-0.39, 0.29) is 11.4 Å². The fraction of sp³-hybridized carbons (Fsp3) is 0.308. The van der Waals surface area contributed by atoms with Crippen molar-refractivity contribution in [3.63, 3.8) is 0 Å². The lowest BCUT2D eigenvalue weighted by molar-refractivity contribution is -0.139. The molecule has 0 spiro atoms. The van der Waals surface area contributed by atoms with Crippen LogP contribution >= 0.6 is 0 Å². The zero-order valence-electron chi connectivity index (χ0n) is 11.2. The summed E-state index contributed by atoms with van der Waals surface area (Å²) in [7, 11) is -3.57. The van der Waals surface area contributed by atoms with Crippen molar-refractivity contribution in [1.29, 1.82) is 0 Å². The minimum atomic E-state index is -3.57. The molecule has 0 saturated heterocycles. The third-order valence-corrected chi connectivity index (χ3v) is 4.46. The van der Waals surface area contributed by atoms with Gasteiger partial charge in [0.15, 0.2) is 6.61 Å². The standard InChI is InChI=1S/C13H17NO5S/c1-3-9-14(4-2)20(17,18)12-7-5-11(6-8-12)19-10-13(15)16/h3,5-8H,1,4,9-10H2,2H3,(H,15,16). The van der Waals surface area contributed by atoms with E-state index >= 15 is 0 Å². The number of aliphatic carboxylic acids is 1. The quantitative estimate of drug-likeness (QED) is 0.732. The molecule has 0 atom stereocenters. The predicted molar refractivity (Wildman–Crippen MR) is 74.2 cm³/mol. The van der Waals surface area contributed by atoms with E-state index in [1.165, 1.54) is 34.6 Å². The summed E-state index contributed by atoms with van der Waals surface area (Å²) in [6, 6.07) is 5.63. The van der Waals surface area contributed by atoms with E-state index in [1.54, 1.807) is 6.92 Å². The fourth-order valence-corrected chi connectivity index (χ4v) is 2.96. The van der Waals surface area contributed by atoms with Gasteiger partial charge in [0.1, 0.15) is 5.75 Å². The molecule has 0 radical (unpaired) electrons. The summed E-state index contributed by atoms with van der Waals surface area (Å²) in [5.74, 6) is -0.789. The van der Waals surface area contributed by atoms with Gasteiger partial charge in [-0.3, -0.25) is 0 Å². The molecule has 0 aromatic heterocycles. The largest absolute Gasteiger partial charge is 0.482 e. The molecule has 0 fully saturated rings. The Morgan fingerprint density at radius 3 is 2.45 bits per heavy atom. The second-order valence-corrected chi connectivity index (χ2v) is 5.84. The smallest absolute Gasteiger partial charge is 0.341 e. The molecule has 110 valence electrons. The number of ether oxygens (including phenoxy) is 1. The van der Waals surface area contributed by atoms with E-state index in [4.69, 9.17) is 9.84 Å². The molecule has 1 aromatic carbocycles. The lowest BCUT2D eigenvalue weighted by atomic mass is 10.3. The zero-order valence-corrected chi connectivity index (χ0v) is 12.0. The molecule has 1 aromatic rings. The molecule has 0 aliphatic heterocycles. The Balaban J connectivity index is 2.91. The summed E-state index contributed by atoms with van der Waals surface area (Å²) < 4.78 is 30.8. The number of carboxylic acids is 1. The highest BCUT2D eigenvalue weighted by atomic mass is 32.2. The maximum absolute atomic E-state index is 12.3. The normalized spacial score (nSPS) is 11.3. The minimum absolute atomic E-state index is 0.129. The van der Waals surface area contributed by atoms with Crippen molar-refractivity contribution < 1.29 is 23.1 Å². The summed E-state index contributed by atoms with van der Waals surface area (Å²) in [5.41, 5.74) is 0. The van der Waals surface area contributed by atoms with E-state index in [9.17, 15) is 13.2 Å². The summed E-state index contributed by atoms with van der Waals surface area (Å²) in [5, 5.41) is 8.49. The average molecular weight is 299 g/mol. The Labute approximate surface area is 118 Å². The number of carboxylic acid groups (broad SMARTS) is 1. The van der Waals surface area contributed by atoms with E-state index in [0.29, 0.717) is 12.3 Å². The SMILES string of the molecule is C=CCN(CC)S(=O)(=O)c1ccc(OCC(=O)O)cc1. The molecule has 20 heavy (non-hydrogen) atoms. The minimum Gasteiger partial charge on any atom is -0.482 e. The Morgan fingerprint density at radius 2 is 2.00 bits per heavy atom. The number of hydrogen-bond acceptors (Lipinski definition) is 4. The third kappa shape index (κ3) is 4.07. The molecule has 0 aliphatic carbocycles. The second kappa shape index (κ2) is 7.06. The number of likely N-dealkylation sites (N-methyl/N-ethyl adjacent to an activating group) is 1. The van der Waals surface area contributed by atoms with Crippen LogP contribution in [0.2, 0.25) is 0 Å². The molecular formula is C13H17NO5S. The summed E-state index contributed by atoms with van der Waals surface area (Å²) >= 11 is 0. The molecule has 0 aliphatic rings. The number of hydrogen-bond donors (Lipinski definition) is 1. The third-order valence-electron chi connectivity index (χ3n) is 2.51. The maximum atomic E-state index is 12.3. The van der Waals surface area contributed by atoms with Crippen LogP contribution in [0.25, 0.3) is 0 Å². The van der Waals surface area contributed by atoms with Crippen molar-refractivity contribution in [3.8, 4) is 5.75 Å². The molecule has 6 nitrogen and oxygen atoms in total. The van der Waals surface area contributed by atoms with Gasteiger partial charge in [-0.25, -0.2) is 13.2 Å². The molecule has 1 N–H and O–H groups in total. The molecule has 7 heteroatoms. The molecule has 0 heterocycles. The number of carbonyl (C=O) groups is 1. The van der Waals surface area contributed by atoms with Crippen LogP contribution in [0.4, 0.5) is 0 Å². The van der Waals surface area contributed by atoms with Gasteiger partial charge in [-0.15, -0.1) is 6.58 Å². The lowest BCUT2D eigenvalue weighted by Crippen LogP contribution is -2.30. The van der Waals surface area contributed by atoms with Crippen LogP contribution in [0, 0.1) is 0 Å². The van der Waals surface area contributed by atoms with Gasteiger partial charge in [0.2, 0.25) is 10.0 Å². The first-order chi connectivity index (χ1) is 9.41.